The van der Waals surface area contributed by atoms with Gasteiger partial charge in [0.1, 0.15) is 5.82 Å². The van der Waals surface area contributed by atoms with Crippen molar-refractivity contribution in [3.8, 4) is 11.4 Å². The number of anilines is 1. The van der Waals surface area contributed by atoms with Crippen molar-refractivity contribution in [2.75, 3.05) is 31.1 Å². The molecule has 0 bridgehead atoms. The minimum Gasteiger partial charge on any atom is -0.369 e. The molecule has 1 aliphatic heterocycles. The topological polar surface area (TPSA) is 29.2 Å². The summed E-state index contributed by atoms with van der Waals surface area (Å²) in [6.07, 6.45) is 0. The van der Waals surface area contributed by atoms with E-state index < -0.39 is 0 Å². The highest BCUT2D eigenvalue weighted by Gasteiger charge is 2.19. The van der Waals surface area contributed by atoms with Crippen LogP contribution in [-0.2, 0) is 13.7 Å². The lowest BCUT2D eigenvalue weighted by Crippen LogP contribution is -2.47. The summed E-state index contributed by atoms with van der Waals surface area (Å²) in [4.78, 5) is 4.63. The average Bonchev–Trinajstić information content (AvgIpc) is 2.98. The number of rotatable bonds is 4. The van der Waals surface area contributed by atoms with Gasteiger partial charge in [-0.15, -0.1) is 0 Å². The molecule has 0 aliphatic carbocycles. The number of aromatic nitrogens is 3. The highest BCUT2D eigenvalue weighted by atomic mass is 32.1. The molecule has 0 unspecified atom stereocenters. The van der Waals surface area contributed by atoms with Crippen molar-refractivity contribution in [2.24, 2.45) is 7.05 Å². The largest absolute Gasteiger partial charge is 0.369 e. The van der Waals surface area contributed by atoms with Crippen molar-refractivity contribution in [1.82, 2.24) is 19.2 Å². The molecule has 140 valence electrons. The van der Waals surface area contributed by atoms with Gasteiger partial charge in [-0.3, -0.25) is 4.90 Å². The number of hydrogen-bond donors (Lipinski definition) is 0. The fraction of sp³-hybridized carbons (Fsp3) is 0.300. The molecule has 1 aromatic heterocycles. The maximum Gasteiger partial charge on any atom is 0.199 e. The Balaban J connectivity index is 1.44. The van der Waals surface area contributed by atoms with E-state index in [-0.39, 0.29) is 5.82 Å². The summed E-state index contributed by atoms with van der Waals surface area (Å²) in [7, 11) is 1.96. The molecule has 27 heavy (non-hydrogen) atoms. The van der Waals surface area contributed by atoms with E-state index in [1.165, 1.54) is 12.1 Å². The van der Waals surface area contributed by atoms with E-state index in [1.54, 1.807) is 0 Å². The Labute approximate surface area is 163 Å². The molecule has 0 saturated carbocycles. The van der Waals surface area contributed by atoms with Gasteiger partial charge in [0.15, 0.2) is 10.6 Å². The number of piperazine rings is 1. The second kappa shape index (κ2) is 7.62. The smallest absolute Gasteiger partial charge is 0.199 e. The fourth-order valence-electron chi connectivity index (χ4n) is 3.41. The van der Waals surface area contributed by atoms with Crippen LogP contribution < -0.4 is 4.90 Å². The second-order valence-electron chi connectivity index (χ2n) is 6.75. The fourth-order valence-corrected chi connectivity index (χ4v) is 3.59. The van der Waals surface area contributed by atoms with Gasteiger partial charge in [-0.25, -0.2) is 9.07 Å². The van der Waals surface area contributed by atoms with Gasteiger partial charge in [-0.1, -0.05) is 30.3 Å². The summed E-state index contributed by atoms with van der Waals surface area (Å²) in [6, 6.07) is 16.8. The number of halogens is 1. The minimum absolute atomic E-state index is 0.198. The molecule has 4 rings (SSSR count). The van der Waals surface area contributed by atoms with Crippen LogP contribution >= 0.6 is 12.2 Å². The van der Waals surface area contributed by atoms with E-state index >= 15 is 0 Å². The first-order valence-corrected chi connectivity index (χ1v) is 9.45. The third-order valence-electron chi connectivity index (χ3n) is 4.97. The molecule has 1 saturated heterocycles. The quantitative estimate of drug-likeness (QED) is 0.645. The van der Waals surface area contributed by atoms with Crippen molar-refractivity contribution < 1.29 is 4.39 Å². The Hall–Kier alpha value is -2.51. The van der Waals surface area contributed by atoms with Gasteiger partial charge < -0.3 is 9.47 Å². The lowest BCUT2D eigenvalue weighted by molar-refractivity contribution is 0.194. The van der Waals surface area contributed by atoms with Gasteiger partial charge in [0, 0.05) is 44.5 Å². The second-order valence-corrected chi connectivity index (χ2v) is 7.12. The summed E-state index contributed by atoms with van der Waals surface area (Å²) >= 11 is 5.59. The van der Waals surface area contributed by atoms with Crippen LogP contribution in [0.5, 0.6) is 0 Å². The molecule has 0 N–H and O–H groups in total. The molecule has 2 aromatic carbocycles. The van der Waals surface area contributed by atoms with Crippen molar-refractivity contribution in [1.29, 1.82) is 0 Å². The molecule has 5 nitrogen and oxygen atoms in total. The molecule has 1 fully saturated rings. The maximum absolute atomic E-state index is 13.1. The molecular formula is C20H22FN5S. The zero-order valence-corrected chi connectivity index (χ0v) is 16.1. The lowest BCUT2D eigenvalue weighted by atomic mass is 10.2. The van der Waals surface area contributed by atoms with Crippen LogP contribution in [0.4, 0.5) is 10.1 Å². The first-order chi connectivity index (χ1) is 13.1. The zero-order chi connectivity index (χ0) is 18.8. The van der Waals surface area contributed by atoms with Gasteiger partial charge in [0.25, 0.3) is 0 Å². The van der Waals surface area contributed by atoms with Gasteiger partial charge in [-0.05, 0) is 36.5 Å². The number of hydrogen-bond acceptors (Lipinski definition) is 4. The highest BCUT2D eigenvalue weighted by Crippen LogP contribution is 2.19. The lowest BCUT2D eigenvalue weighted by Gasteiger charge is -2.35. The molecule has 0 amide bonds. The first kappa shape index (κ1) is 17.9. The van der Waals surface area contributed by atoms with E-state index in [9.17, 15) is 4.39 Å². The van der Waals surface area contributed by atoms with Crippen LogP contribution in [0.15, 0.2) is 54.6 Å². The Bertz CT molecular complexity index is 956. The summed E-state index contributed by atoms with van der Waals surface area (Å²) in [5.41, 5.74) is 2.13. The van der Waals surface area contributed by atoms with Crippen LogP contribution in [0.2, 0.25) is 0 Å². The van der Waals surface area contributed by atoms with E-state index in [0.29, 0.717) is 6.67 Å². The number of nitrogens with zero attached hydrogens (tertiary/aromatic N) is 5. The summed E-state index contributed by atoms with van der Waals surface area (Å²) in [5.74, 6) is 0.682. The Kier molecular flexibility index (Phi) is 5.05. The standard InChI is InChI=1S/C20H22FN5S/c1-23-19(16-5-3-2-4-6-16)22-26(20(23)27)15-24-11-13-25(14-12-24)18-9-7-17(21)8-10-18/h2-10H,11-15H2,1H3. The molecule has 2 heterocycles. The van der Waals surface area contributed by atoms with Gasteiger partial charge in [0.2, 0.25) is 0 Å². The zero-order valence-electron chi connectivity index (χ0n) is 15.3. The third kappa shape index (κ3) is 3.79. The summed E-state index contributed by atoms with van der Waals surface area (Å²) in [6.45, 7) is 4.30. The SMILES string of the molecule is Cn1c(-c2ccccc2)nn(CN2CCN(c3ccc(F)cc3)CC2)c1=S. The predicted molar refractivity (Wildman–Crippen MR) is 108 cm³/mol. The number of benzene rings is 2. The molecule has 7 heteroatoms. The van der Waals surface area contributed by atoms with Crippen molar-refractivity contribution in [3.05, 3.63) is 65.2 Å². The van der Waals surface area contributed by atoms with Crippen molar-refractivity contribution in [2.45, 2.75) is 6.67 Å². The van der Waals surface area contributed by atoms with Crippen LogP contribution in [0.25, 0.3) is 11.4 Å². The van der Waals surface area contributed by atoms with Gasteiger partial charge in [-0.2, -0.15) is 5.10 Å². The minimum atomic E-state index is -0.198. The molecule has 0 spiro atoms. The molecule has 0 atom stereocenters. The van der Waals surface area contributed by atoms with Gasteiger partial charge >= 0.3 is 0 Å². The van der Waals surface area contributed by atoms with E-state index in [0.717, 1.165) is 48.0 Å². The van der Waals surface area contributed by atoms with Crippen LogP contribution in [0, 0.1) is 10.6 Å². The monoisotopic (exact) mass is 383 g/mol. The maximum atomic E-state index is 13.1. The normalized spacial score (nSPS) is 15.3. The summed E-state index contributed by atoms with van der Waals surface area (Å²) in [5, 5.41) is 4.74. The molecule has 3 aromatic rings. The van der Waals surface area contributed by atoms with E-state index in [1.807, 2.05) is 58.8 Å². The van der Waals surface area contributed by atoms with E-state index in [4.69, 9.17) is 17.3 Å². The predicted octanol–water partition coefficient (Wildman–Crippen LogP) is 3.54. The highest BCUT2D eigenvalue weighted by molar-refractivity contribution is 7.71. The summed E-state index contributed by atoms with van der Waals surface area (Å²) < 4.78 is 17.7. The van der Waals surface area contributed by atoms with E-state index in [2.05, 4.69) is 9.80 Å². The van der Waals surface area contributed by atoms with Gasteiger partial charge in [0.05, 0.1) is 6.67 Å². The van der Waals surface area contributed by atoms with Crippen LogP contribution in [0.3, 0.4) is 0 Å². The average molecular weight is 383 g/mol. The molecular weight excluding hydrogens is 361 g/mol. The first-order valence-electron chi connectivity index (χ1n) is 9.04. The van der Waals surface area contributed by atoms with Crippen molar-refractivity contribution >= 4 is 17.9 Å². The Morgan fingerprint density at radius 3 is 2.30 bits per heavy atom. The molecule has 1 aliphatic rings. The Morgan fingerprint density at radius 2 is 1.63 bits per heavy atom. The Morgan fingerprint density at radius 1 is 0.963 bits per heavy atom. The van der Waals surface area contributed by atoms with Crippen molar-refractivity contribution in [3.63, 3.8) is 0 Å². The van der Waals surface area contributed by atoms with Crippen LogP contribution in [0.1, 0.15) is 0 Å². The molecule has 0 radical (unpaired) electrons. The third-order valence-corrected chi connectivity index (χ3v) is 5.46. The van der Waals surface area contributed by atoms with Crippen LogP contribution in [-0.4, -0.2) is 45.4 Å².